The highest BCUT2D eigenvalue weighted by molar-refractivity contribution is 7.88. The van der Waals surface area contributed by atoms with Gasteiger partial charge in [-0.05, 0) is 31.4 Å². The Balaban J connectivity index is 2.28. The van der Waals surface area contributed by atoms with E-state index in [9.17, 15) is 21.6 Å². The smallest absolute Gasteiger partial charge is 0.355 e. The molecule has 2 heterocycles. The molecule has 1 aliphatic rings. The highest BCUT2D eigenvalue weighted by atomic mass is 32.2. The summed E-state index contributed by atoms with van der Waals surface area (Å²) in [4.78, 5) is 5.93. The first-order valence-corrected chi connectivity index (χ1v) is 9.67. The van der Waals surface area contributed by atoms with Crippen LogP contribution in [0.15, 0.2) is 12.1 Å². The number of rotatable bonds is 5. The van der Waals surface area contributed by atoms with Gasteiger partial charge in [-0.15, -0.1) is 0 Å². The fourth-order valence-electron chi connectivity index (χ4n) is 3.11. The van der Waals surface area contributed by atoms with Gasteiger partial charge in [-0.25, -0.2) is 18.1 Å². The van der Waals surface area contributed by atoms with Gasteiger partial charge in [0, 0.05) is 24.8 Å². The van der Waals surface area contributed by atoms with E-state index >= 15 is 0 Å². The van der Waals surface area contributed by atoms with Crippen LogP contribution in [-0.4, -0.2) is 38.8 Å². The lowest BCUT2D eigenvalue weighted by atomic mass is 9.99. The molecule has 0 saturated carbocycles. The lowest BCUT2D eigenvalue weighted by molar-refractivity contribution is -0.137. The van der Waals surface area contributed by atoms with E-state index in [-0.39, 0.29) is 23.5 Å². The van der Waals surface area contributed by atoms with Gasteiger partial charge >= 0.3 is 6.18 Å². The normalized spacial score (nSPS) is 22.2. The summed E-state index contributed by atoms with van der Waals surface area (Å²) in [6.07, 6.45) is -1.68. The minimum absolute atomic E-state index is 0.0429. The van der Waals surface area contributed by atoms with E-state index in [0.29, 0.717) is 13.1 Å². The zero-order chi connectivity index (χ0) is 18.1. The molecule has 5 nitrogen and oxygen atoms in total. The second-order valence-electron chi connectivity index (χ2n) is 6.30. The molecule has 0 spiro atoms. The molecule has 2 atom stereocenters. The van der Waals surface area contributed by atoms with E-state index in [4.69, 9.17) is 0 Å². The molecule has 0 amide bonds. The SMILES string of the molecule is CCCC1CN(c2cc(C(F)(F)F)cc(C)n2)CC1NS(C)(=O)=O. The van der Waals surface area contributed by atoms with Crippen molar-refractivity contribution in [2.24, 2.45) is 5.92 Å². The van der Waals surface area contributed by atoms with Crippen LogP contribution >= 0.6 is 0 Å². The van der Waals surface area contributed by atoms with Crippen molar-refractivity contribution in [1.29, 1.82) is 0 Å². The van der Waals surface area contributed by atoms with Gasteiger partial charge < -0.3 is 4.90 Å². The second kappa shape index (κ2) is 6.87. The zero-order valence-electron chi connectivity index (χ0n) is 13.9. The third-order valence-corrected chi connectivity index (χ3v) is 4.79. The number of anilines is 1. The average molecular weight is 365 g/mol. The van der Waals surface area contributed by atoms with Crippen LogP contribution in [0.5, 0.6) is 0 Å². The van der Waals surface area contributed by atoms with Gasteiger partial charge in [0.25, 0.3) is 0 Å². The lowest BCUT2D eigenvalue weighted by Crippen LogP contribution is -2.40. The summed E-state index contributed by atoms with van der Waals surface area (Å²) in [6, 6.07) is 1.71. The molecular weight excluding hydrogens is 343 g/mol. The molecule has 24 heavy (non-hydrogen) atoms. The molecule has 1 aromatic heterocycles. The maximum atomic E-state index is 13.0. The Kier molecular flexibility index (Phi) is 5.44. The predicted octanol–water partition coefficient (Wildman–Crippen LogP) is 2.56. The molecule has 2 rings (SSSR count). The minimum Gasteiger partial charge on any atom is -0.355 e. The molecule has 0 aliphatic carbocycles. The van der Waals surface area contributed by atoms with Crippen LogP contribution in [0.2, 0.25) is 0 Å². The van der Waals surface area contributed by atoms with Crippen LogP contribution in [0.4, 0.5) is 19.0 Å². The molecule has 1 saturated heterocycles. The molecule has 0 bridgehead atoms. The Bertz CT molecular complexity index is 692. The Labute approximate surface area is 140 Å². The van der Waals surface area contributed by atoms with E-state index < -0.39 is 21.8 Å². The molecule has 0 radical (unpaired) electrons. The number of nitrogens with zero attached hydrogens (tertiary/aromatic N) is 2. The number of pyridine rings is 1. The van der Waals surface area contributed by atoms with E-state index in [1.807, 2.05) is 6.92 Å². The van der Waals surface area contributed by atoms with Crippen molar-refractivity contribution in [3.63, 3.8) is 0 Å². The maximum absolute atomic E-state index is 13.0. The first-order chi connectivity index (χ1) is 11.0. The number of alkyl halides is 3. The second-order valence-corrected chi connectivity index (χ2v) is 8.08. The molecule has 1 fully saturated rings. The van der Waals surface area contributed by atoms with Gasteiger partial charge in [0.1, 0.15) is 5.82 Å². The van der Waals surface area contributed by atoms with Gasteiger partial charge in [-0.1, -0.05) is 13.3 Å². The number of aryl methyl sites for hydroxylation is 1. The topological polar surface area (TPSA) is 62.3 Å². The molecule has 136 valence electrons. The Hall–Kier alpha value is -1.35. The molecule has 9 heteroatoms. The van der Waals surface area contributed by atoms with Crippen molar-refractivity contribution in [2.45, 2.75) is 38.9 Å². The fraction of sp³-hybridized carbons (Fsp3) is 0.667. The lowest BCUT2D eigenvalue weighted by Gasteiger charge is -2.19. The first kappa shape index (κ1) is 19.0. The van der Waals surface area contributed by atoms with Gasteiger partial charge in [-0.3, -0.25) is 0 Å². The molecular formula is C15H22F3N3O2S. The van der Waals surface area contributed by atoms with Crippen LogP contribution in [0.25, 0.3) is 0 Å². The molecule has 1 aromatic rings. The van der Waals surface area contributed by atoms with Gasteiger partial charge in [0.2, 0.25) is 10.0 Å². The molecule has 0 aromatic carbocycles. The van der Waals surface area contributed by atoms with Crippen molar-refractivity contribution >= 4 is 15.8 Å². The van der Waals surface area contributed by atoms with Crippen LogP contribution in [0.1, 0.15) is 31.0 Å². The molecule has 1 N–H and O–H groups in total. The van der Waals surface area contributed by atoms with Crippen molar-refractivity contribution in [2.75, 3.05) is 24.2 Å². The first-order valence-electron chi connectivity index (χ1n) is 7.77. The number of sulfonamides is 1. The quantitative estimate of drug-likeness (QED) is 0.871. The van der Waals surface area contributed by atoms with E-state index in [1.54, 1.807) is 4.90 Å². The summed E-state index contributed by atoms with van der Waals surface area (Å²) >= 11 is 0. The minimum atomic E-state index is -4.44. The Morgan fingerprint density at radius 3 is 2.54 bits per heavy atom. The van der Waals surface area contributed by atoms with Crippen LogP contribution in [0.3, 0.4) is 0 Å². The highest BCUT2D eigenvalue weighted by Crippen LogP contribution is 2.33. The van der Waals surface area contributed by atoms with Crippen LogP contribution in [-0.2, 0) is 16.2 Å². The van der Waals surface area contributed by atoms with Crippen LogP contribution in [0, 0.1) is 12.8 Å². The average Bonchev–Trinajstić information content (AvgIpc) is 2.78. The maximum Gasteiger partial charge on any atom is 0.416 e. The highest BCUT2D eigenvalue weighted by Gasteiger charge is 2.36. The summed E-state index contributed by atoms with van der Waals surface area (Å²) in [5.74, 6) is 0.280. The third-order valence-electron chi connectivity index (χ3n) is 4.06. The Morgan fingerprint density at radius 2 is 2.00 bits per heavy atom. The monoisotopic (exact) mass is 365 g/mol. The largest absolute Gasteiger partial charge is 0.416 e. The number of hydrogen-bond acceptors (Lipinski definition) is 4. The summed E-state index contributed by atoms with van der Waals surface area (Å²) < 4.78 is 64.6. The van der Waals surface area contributed by atoms with Crippen molar-refractivity contribution in [3.8, 4) is 0 Å². The Morgan fingerprint density at radius 1 is 1.33 bits per heavy atom. The van der Waals surface area contributed by atoms with Crippen LogP contribution < -0.4 is 9.62 Å². The number of hydrogen-bond donors (Lipinski definition) is 1. The predicted molar refractivity (Wildman–Crippen MR) is 86.4 cm³/mol. The number of nitrogens with one attached hydrogen (secondary N) is 1. The van der Waals surface area contributed by atoms with Crippen molar-refractivity contribution in [3.05, 3.63) is 23.4 Å². The third kappa shape index (κ3) is 4.83. The zero-order valence-corrected chi connectivity index (χ0v) is 14.7. The van der Waals surface area contributed by atoms with Crippen molar-refractivity contribution < 1.29 is 21.6 Å². The summed E-state index contributed by atoms with van der Waals surface area (Å²) in [5.41, 5.74) is -0.456. The summed E-state index contributed by atoms with van der Waals surface area (Å²) in [7, 11) is -3.38. The summed E-state index contributed by atoms with van der Waals surface area (Å²) in [6.45, 7) is 4.30. The number of halogens is 3. The fourth-order valence-corrected chi connectivity index (χ4v) is 3.92. The molecule has 1 aliphatic heterocycles. The van der Waals surface area contributed by atoms with Gasteiger partial charge in [-0.2, -0.15) is 13.2 Å². The van der Waals surface area contributed by atoms with E-state index in [2.05, 4.69) is 9.71 Å². The van der Waals surface area contributed by atoms with Crippen molar-refractivity contribution in [1.82, 2.24) is 9.71 Å². The number of aromatic nitrogens is 1. The van der Waals surface area contributed by atoms with Gasteiger partial charge in [0.05, 0.1) is 11.8 Å². The van der Waals surface area contributed by atoms with E-state index in [1.165, 1.54) is 6.92 Å². The standard InChI is InChI=1S/C15H22F3N3O2S/c1-4-5-11-8-21(9-13(11)20-24(3,22)23)14-7-12(15(16,17)18)6-10(2)19-14/h6-7,11,13,20H,4-5,8-9H2,1-3H3. The van der Waals surface area contributed by atoms with Gasteiger partial charge in [0.15, 0.2) is 0 Å². The van der Waals surface area contributed by atoms with E-state index in [0.717, 1.165) is 31.2 Å². The molecule has 2 unspecified atom stereocenters. The summed E-state index contributed by atoms with van der Waals surface area (Å²) in [5, 5.41) is 0.